The van der Waals surface area contributed by atoms with Crippen LogP contribution < -0.4 is 4.74 Å². The van der Waals surface area contributed by atoms with E-state index in [1.54, 1.807) is 0 Å². The van der Waals surface area contributed by atoms with Gasteiger partial charge in [0.2, 0.25) is 0 Å². The molecule has 2 aromatic rings. The predicted octanol–water partition coefficient (Wildman–Crippen LogP) is 4.99. The van der Waals surface area contributed by atoms with Gasteiger partial charge in [-0.1, -0.05) is 51.8 Å². The number of aryl methyl sites for hydroxylation is 1. The molecule has 0 fully saturated rings. The average Bonchev–Trinajstić information content (AvgIpc) is 2.32. The largest absolute Gasteiger partial charge is 0.487 e. The van der Waals surface area contributed by atoms with Gasteiger partial charge in [-0.15, -0.1) is 0 Å². The van der Waals surface area contributed by atoms with Gasteiger partial charge in [-0.2, -0.15) is 0 Å². The Bertz CT molecular complexity index is 525. The van der Waals surface area contributed by atoms with Gasteiger partial charge in [0.1, 0.15) is 12.4 Å². The molecule has 88 valence electrons. The quantitative estimate of drug-likeness (QED) is 0.776. The number of halogens is 2. The predicted molar refractivity (Wildman–Crippen MR) is 74.7 cm³/mol. The molecule has 0 heterocycles. The summed E-state index contributed by atoms with van der Waals surface area (Å²) in [5.74, 6) is 0.724. The first-order valence-corrected chi connectivity index (χ1v) is 6.46. The van der Waals surface area contributed by atoms with Crippen LogP contribution >= 0.6 is 27.5 Å². The van der Waals surface area contributed by atoms with Crippen molar-refractivity contribution in [3.8, 4) is 5.75 Å². The first-order valence-electron chi connectivity index (χ1n) is 5.29. The van der Waals surface area contributed by atoms with Crippen LogP contribution in [0, 0.1) is 6.92 Å². The fourth-order valence-electron chi connectivity index (χ4n) is 1.49. The van der Waals surface area contributed by atoms with Gasteiger partial charge in [0, 0.05) is 10.0 Å². The maximum absolute atomic E-state index is 6.07. The van der Waals surface area contributed by atoms with Gasteiger partial charge in [-0.05, 0) is 30.7 Å². The van der Waals surface area contributed by atoms with E-state index in [1.165, 1.54) is 0 Å². The molecule has 0 aliphatic rings. The highest BCUT2D eigenvalue weighted by Gasteiger charge is 2.04. The van der Waals surface area contributed by atoms with Crippen molar-refractivity contribution in [2.75, 3.05) is 0 Å². The third kappa shape index (κ3) is 3.24. The second kappa shape index (κ2) is 5.56. The summed E-state index contributed by atoms with van der Waals surface area (Å²) in [5, 5.41) is 0.641. The number of ether oxygens (including phenoxy) is 1. The lowest BCUT2D eigenvalue weighted by atomic mass is 10.2. The van der Waals surface area contributed by atoms with Gasteiger partial charge in [-0.3, -0.25) is 0 Å². The first-order chi connectivity index (χ1) is 8.16. The minimum absolute atomic E-state index is 0.505. The number of rotatable bonds is 3. The van der Waals surface area contributed by atoms with Crippen molar-refractivity contribution in [2.45, 2.75) is 13.5 Å². The standard InChI is InChI=1S/C14H12BrClO/c1-10-6-7-13(16)14(8-10)17-9-11-4-2-3-5-12(11)15/h2-8H,9H2,1H3. The Hall–Kier alpha value is -0.990. The highest BCUT2D eigenvalue weighted by Crippen LogP contribution is 2.27. The van der Waals surface area contributed by atoms with Gasteiger partial charge < -0.3 is 4.74 Å². The maximum Gasteiger partial charge on any atom is 0.138 e. The molecule has 0 amide bonds. The van der Waals surface area contributed by atoms with E-state index in [4.69, 9.17) is 16.3 Å². The Labute approximate surface area is 115 Å². The molecule has 0 bridgehead atoms. The van der Waals surface area contributed by atoms with Gasteiger partial charge in [-0.25, -0.2) is 0 Å². The molecular formula is C14H12BrClO. The highest BCUT2D eigenvalue weighted by molar-refractivity contribution is 9.10. The van der Waals surface area contributed by atoms with Gasteiger partial charge in [0.15, 0.2) is 0 Å². The monoisotopic (exact) mass is 310 g/mol. The zero-order chi connectivity index (χ0) is 12.3. The Kier molecular flexibility index (Phi) is 4.08. The fourth-order valence-corrected chi connectivity index (χ4v) is 2.06. The molecule has 0 aliphatic heterocycles. The number of benzene rings is 2. The van der Waals surface area contributed by atoms with Crippen LogP contribution in [-0.2, 0) is 6.61 Å². The van der Waals surface area contributed by atoms with Crippen molar-refractivity contribution in [3.63, 3.8) is 0 Å². The maximum atomic E-state index is 6.07. The summed E-state index contributed by atoms with van der Waals surface area (Å²) in [7, 11) is 0. The van der Waals surface area contributed by atoms with Crippen LogP contribution in [0.5, 0.6) is 5.75 Å². The van der Waals surface area contributed by atoms with E-state index in [0.29, 0.717) is 11.6 Å². The molecule has 0 aliphatic carbocycles. The van der Waals surface area contributed by atoms with Gasteiger partial charge in [0.05, 0.1) is 5.02 Å². The summed E-state index contributed by atoms with van der Waals surface area (Å²) in [6, 6.07) is 13.7. The molecule has 3 heteroatoms. The normalized spacial score (nSPS) is 10.3. The van der Waals surface area contributed by atoms with E-state index in [0.717, 1.165) is 21.3 Å². The molecule has 0 saturated heterocycles. The first kappa shape index (κ1) is 12.5. The molecule has 0 spiro atoms. The van der Waals surface area contributed by atoms with Crippen molar-refractivity contribution < 1.29 is 4.74 Å². The Morgan fingerprint density at radius 2 is 1.94 bits per heavy atom. The summed E-state index contributed by atoms with van der Waals surface area (Å²) >= 11 is 9.56. The Balaban J connectivity index is 2.12. The fraction of sp³-hybridized carbons (Fsp3) is 0.143. The second-order valence-corrected chi connectivity index (χ2v) is 5.08. The van der Waals surface area contributed by atoms with Crippen LogP contribution in [0.3, 0.4) is 0 Å². The molecule has 0 unspecified atom stereocenters. The van der Waals surface area contributed by atoms with Crippen LogP contribution in [0.4, 0.5) is 0 Å². The molecule has 0 aromatic heterocycles. The summed E-state index contributed by atoms with van der Waals surface area (Å²) in [5.41, 5.74) is 2.24. The average molecular weight is 312 g/mol. The zero-order valence-electron chi connectivity index (χ0n) is 9.41. The lowest BCUT2D eigenvalue weighted by Crippen LogP contribution is -1.97. The Morgan fingerprint density at radius 1 is 1.18 bits per heavy atom. The third-order valence-corrected chi connectivity index (χ3v) is 3.51. The zero-order valence-corrected chi connectivity index (χ0v) is 11.8. The molecule has 0 atom stereocenters. The van der Waals surface area contributed by atoms with E-state index < -0.39 is 0 Å². The minimum Gasteiger partial charge on any atom is -0.487 e. The van der Waals surface area contributed by atoms with Crippen molar-refractivity contribution in [3.05, 3.63) is 63.1 Å². The molecule has 2 aromatic carbocycles. The molecule has 0 saturated carbocycles. The molecule has 17 heavy (non-hydrogen) atoms. The van der Waals surface area contributed by atoms with Crippen molar-refractivity contribution in [1.82, 2.24) is 0 Å². The molecule has 0 N–H and O–H groups in total. The van der Waals surface area contributed by atoms with Gasteiger partial charge >= 0.3 is 0 Å². The lowest BCUT2D eigenvalue weighted by Gasteiger charge is -2.10. The summed E-state index contributed by atoms with van der Waals surface area (Å²) in [6.07, 6.45) is 0. The van der Waals surface area contributed by atoms with Crippen LogP contribution in [0.2, 0.25) is 5.02 Å². The topological polar surface area (TPSA) is 9.23 Å². The van der Waals surface area contributed by atoms with Gasteiger partial charge in [0.25, 0.3) is 0 Å². The van der Waals surface area contributed by atoms with Crippen LogP contribution in [-0.4, -0.2) is 0 Å². The van der Waals surface area contributed by atoms with E-state index in [1.807, 2.05) is 49.4 Å². The molecule has 1 nitrogen and oxygen atoms in total. The van der Waals surface area contributed by atoms with Crippen LogP contribution in [0.25, 0.3) is 0 Å². The smallest absolute Gasteiger partial charge is 0.138 e. The number of hydrogen-bond acceptors (Lipinski definition) is 1. The van der Waals surface area contributed by atoms with Crippen molar-refractivity contribution in [1.29, 1.82) is 0 Å². The highest BCUT2D eigenvalue weighted by atomic mass is 79.9. The third-order valence-electron chi connectivity index (χ3n) is 2.43. The molecule has 2 rings (SSSR count). The van der Waals surface area contributed by atoms with E-state index in [9.17, 15) is 0 Å². The number of hydrogen-bond donors (Lipinski definition) is 0. The summed E-state index contributed by atoms with van der Waals surface area (Å²) in [6.45, 7) is 2.52. The Morgan fingerprint density at radius 3 is 2.71 bits per heavy atom. The van der Waals surface area contributed by atoms with Crippen molar-refractivity contribution >= 4 is 27.5 Å². The SMILES string of the molecule is Cc1ccc(Cl)c(OCc2ccccc2Br)c1. The lowest BCUT2D eigenvalue weighted by molar-refractivity contribution is 0.305. The van der Waals surface area contributed by atoms with E-state index in [2.05, 4.69) is 15.9 Å². The van der Waals surface area contributed by atoms with Crippen LogP contribution in [0.15, 0.2) is 46.9 Å². The van der Waals surface area contributed by atoms with Crippen LogP contribution in [0.1, 0.15) is 11.1 Å². The summed E-state index contributed by atoms with van der Waals surface area (Å²) in [4.78, 5) is 0. The molecule has 0 radical (unpaired) electrons. The second-order valence-electron chi connectivity index (χ2n) is 3.81. The summed E-state index contributed by atoms with van der Waals surface area (Å²) < 4.78 is 6.77. The van der Waals surface area contributed by atoms with Crippen molar-refractivity contribution in [2.24, 2.45) is 0 Å². The van der Waals surface area contributed by atoms with E-state index in [-0.39, 0.29) is 0 Å². The van der Waals surface area contributed by atoms with E-state index >= 15 is 0 Å². The minimum atomic E-state index is 0.505. The molecular weight excluding hydrogens is 300 g/mol.